The lowest BCUT2D eigenvalue weighted by Gasteiger charge is -2.26. The van der Waals surface area contributed by atoms with Gasteiger partial charge < -0.3 is 5.32 Å². The van der Waals surface area contributed by atoms with E-state index in [9.17, 15) is 4.79 Å². The summed E-state index contributed by atoms with van der Waals surface area (Å²) in [5, 5.41) is 6.96. The summed E-state index contributed by atoms with van der Waals surface area (Å²) in [6.07, 6.45) is 0.742. The molecule has 2 unspecified atom stereocenters. The lowest BCUT2D eigenvalue weighted by molar-refractivity contribution is 0.0934. The van der Waals surface area contributed by atoms with E-state index < -0.39 is 0 Å². The molecule has 0 bridgehead atoms. The van der Waals surface area contributed by atoms with Gasteiger partial charge in [-0.25, -0.2) is 0 Å². The van der Waals surface area contributed by atoms with Gasteiger partial charge in [-0.05, 0) is 71.6 Å². The van der Waals surface area contributed by atoms with Gasteiger partial charge in [-0.2, -0.15) is 0 Å². The summed E-state index contributed by atoms with van der Waals surface area (Å²) in [7, 11) is 0. The fourth-order valence-electron chi connectivity index (χ4n) is 3.94. The van der Waals surface area contributed by atoms with Gasteiger partial charge >= 0.3 is 0 Å². The van der Waals surface area contributed by atoms with E-state index in [0.717, 1.165) is 28.3 Å². The lowest BCUT2D eigenvalue weighted by Crippen LogP contribution is -2.38. The highest BCUT2D eigenvalue weighted by molar-refractivity contribution is 6.34. The number of hydrogen-bond acceptors (Lipinski definition) is 1. The molecule has 0 spiro atoms. The zero-order valence-corrected chi connectivity index (χ0v) is 19.8. The van der Waals surface area contributed by atoms with Gasteiger partial charge in [0, 0.05) is 22.0 Å². The number of nitrogens with one attached hydrogen (secondary N) is 1. The average Bonchev–Trinajstić information content (AvgIpc) is 2.78. The first-order valence-electron chi connectivity index (χ1n) is 10.4. The number of rotatable bonds is 6. The molecule has 0 aliphatic heterocycles. The van der Waals surface area contributed by atoms with Crippen LogP contribution in [0.15, 0.2) is 84.9 Å². The van der Waals surface area contributed by atoms with Crippen molar-refractivity contribution in [2.45, 2.75) is 25.3 Å². The minimum Gasteiger partial charge on any atom is -0.349 e. The lowest BCUT2D eigenvalue weighted by atomic mass is 9.86. The summed E-state index contributed by atoms with van der Waals surface area (Å²) in [5.41, 5.74) is 2.71. The van der Waals surface area contributed by atoms with E-state index in [2.05, 4.69) is 5.32 Å². The monoisotopic (exact) mass is 481 g/mol. The molecule has 0 saturated heterocycles. The number of benzene rings is 4. The van der Waals surface area contributed by atoms with Crippen molar-refractivity contribution in [2.24, 2.45) is 0 Å². The Kier molecular flexibility index (Phi) is 7.05. The summed E-state index contributed by atoms with van der Waals surface area (Å²) >= 11 is 18.6. The zero-order valence-electron chi connectivity index (χ0n) is 17.5. The summed E-state index contributed by atoms with van der Waals surface area (Å²) in [6.45, 7) is 2.02. The van der Waals surface area contributed by atoms with E-state index >= 15 is 0 Å². The van der Waals surface area contributed by atoms with E-state index in [-0.39, 0.29) is 17.9 Å². The van der Waals surface area contributed by atoms with Gasteiger partial charge in [0.05, 0.1) is 10.6 Å². The fraction of sp³-hybridized carbons (Fsp3) is 0.148. The van der Waals surface area contributed by atoms with Crippen LogP contribution in [0.5, 0.6) is 0 Å². The molecule has 0 aliphatic carbocycles. The van der Waals surface area contributed by atoms with Crippen molar-refractivity contribution < 1.29 is 4.79 Å². The molecule has 0 aromatic heterocycles. The molecule has 0 fully saturated rings. The maximum Gasteiger partial charge on any atom is 0.253 e. The van der Waals surface area contributed by atoms with Crippen LogP contribution in [0.25, 0.3) is 10.8 Å². The van der Waals surface area contributed by atoms with Crippen LogP contribution in [0.4, 0.5) is 0 Å². The molecule has 0 saturated carbocycles. The summed E-state index contributed by atoms with van der Waals surface area (Å²) in [5.74, 6) is -0.153. The van der Waals surface area contributed by atoms with Crippen molar-refractivity contribution in [3.63, 3.8) is 0 Å². The van der Waals surface area contributed by atoms with E-state index in [0.29, 0.717) is 20.6 Å². The van der Waals surface area contributed by atoms with Crippen LogP contribution in [0.1, 0.15) is 34.3 Å². The molecule has 162 valence electrons. The second-order valence-corrected chi connectivity index (χ2v) is 9.21. The van der Waals surface area contributed by atoms with Crippen LogP contribution >= 0.6 is 34.8 Å². The fourth-order valence-corrected chi connectivity index (χ4v) is 4.45. The zero-order chi connectivity index (χ0) is 22.7. The van der Waals surface area contributed by atoms with E-state index in [1.165, 1.54) is 0 Å². The van der Waals surface area contributed by atoms with Crippen LogP contribution in [-0.2, 0) is 6.42 Å². The maximum absolute atomic E-state index is 13.2. The molecule has 4 aromatic rings. The quantitative estimate of drug-likeness (QED) is 0.297. The number of halogens is 3. The van der Waals surface area contributed by atoms with Gasteiger partial charge in [-0.1, -0.05) is 83.3 Å². The van der Waals surface area contributed by atoms with E-state index in [4.69, 9.17) is 34.8 Å². The smallest absolute Gasteiger partial charge is 0.253 e. The predicted octanol–water partition coefficient (Wildman–Crippen LogP) is 7.94. The summed E-state index contributed by atoms with van der Waals surface area (Å²) in [6, 6.07) is 26.9. The van der Waals surface area contributed by atoms with Crippen molar-refractivity contribution in [2.75, 3.05) is 0 Å². The molecule has 0 aliphatic rings. The Morgan fingerprint density at radius 1 is 0.812 bits per heavy atom. The molecule has 1 amide bonds. The molecule has 4 rings (SSSR count). The first-order chi connectivity index (χ1) is 15.4. The number of carbonyl (C=O) groups excluding carboxylic acids is 1. The van der Waals surface area contributed by atoms with Crippen molar-refractivity contribution in [1.82, 2.24) is 5.32 Å². The Morgan fingerprint density at radius 2 is 1.38 bits per heavy atom. The second kappa shape index (κ2) is 9.95. The van der Waals surface area contributed by atoms with Crippen LogP contribution in [0, 0.1) is 0 Å². The van der Waals surface area contributed by atoms with Gasteiger partial charge in [-0.15, -0.1) is 0 Å². The molecule has 32 heavy (non-hydrogen) atoms. The number of amides is 1. The molecule has 2 atom stereocenters. The number of carbonyl (C=O) groups is 1. The molecule has 1 N–H and O–H groups in total. The van der Waals surface area contributed by atoms with Crippen LogP contribution < -0.4 is 5.32 Å². The third-order valence-electron chi connectivity index (χ3n) is 5.71. The van der Waals surface area contributed by atoms with Crippen LogP contribution in [0.3, 0.4) is 0 Å². The molecular formula is C27H22Cl3NO. The molecule has 0 heterocycles. The third kappa shape index (κ3) is 5.27. The second-order valence-electron chi connectivity index (χ2n) is 7.93. The van der Waals surface area contributed by atoms with Crippen LogP contribution in [-0.4, -0.2) is 11.9 Å². The topological polar surface area (TPSA) is 29.1 Å². The van der Waals surface area contributed by atoms with Crippen LogP contribution in [0.2, 0.25) is 15.1 Å². The van der Waals surface area contributed by atoms with Gasteiger partial charge in [0.2, 0.25) is 0 Å². The molecule has 4 aromatic carbocycles. The SMILES string of the molecule is CC(NC(=O)c1cc2ccccc2cc1Cl)C(Cc1ccc(Cl)cc1)c1ccc(Cl)cc1. The molecule has 2 nitrogen and oxygen atoms in total. The minimum atomic E-state index is -0.191. The number of hydrogen-bond donors (Lipinski definition) is 1. The Bertz CT molecular complexity index is 1240. The average molecular weight is 483 g/mol. The van der Waals surface area contributed by atoms with Gasteiger partial charge in [-0.3, -0.25) is 4.79 Å². The Labute approximate surface area is 203 Å². The standard InChI is InChI=1S/C27H22Cl3NO/c1-17(31-27(32)25-15-20-4-2-3-5-21(20)16-26(25)30)24(19-8-12-23(29)13-9-19)14-18-6-10-22(28)11-7-18/h2-13,15-17,24H,14H2,1H3,(H,31,32). The summed E-state index contributed by atoms with van der Waals surface area (Å²) in [4.78, 5) is 13.2. The van der Waals surface area contributed by atoms with Crippen molar-refractivity contribution in [3.8, 4) is 0 Å². The summed E-state index contributed by atoms with van der Waals surface area (Å²) < 4.78 is 0. The van der Waals surface area contributed by atoms with Crippen molar-refractivity contribution in [3.05, 3.63) is 117 Å². The first-order valence-corrected chi connectivity index (χ1v) is 11.5. The highest BCUT2D eigenvalue weighted by atomic mass is 35.5. The Morgan fingerprint density at radius 3 is 2.00 bits per heavy atom. The van der Waals surface area contributed by atoms with E-state index in [1.54, 1.807) is 0 Å². The Balaban J connectivity index is 1.60. The highest BCUT2D eigenvalue weighted by Gasteiger charge is 2.23. The molecular weight excluding hydrogens is 461 g/mol. The minimum absolute atomic E-state index is 0.0385. The highest BCUT2D eigenvalue weighted by Crippen LogP contribution is 2.28. The van der Waals surface area contributed by atoms with Crippen molar-refractivity contribution in [1.29, 1.82) is 0 Å². The van der Waals surface area contributed by atoms with Gasteiger partial charge in [0.1, 0.15) is 0 Å². The van der Waals surface area contributed by atoms with E-state index in [1.807, 2.05) is 91.9 Å². The molecule has 0 radical (unpaired) electrons. The third-order valence-corrected chi connectivity index (χ3v) is 6.53. The number of fused-ring (bicyclic) bond motifs is 1. The van der Waals surface area contributed by atoms with Gasteiger partial charge in [0.25, 0.3) is 5.91 Å². The first kappa shape index (κ1) is 22.7. The molecule has 5 heteroatoms. The van der Waals surface area contributed by atoms with Crippen molar-refractivity contribution >= 4 is 51.5 Å². The Hall–Kier alpha value is -2.52. The largest absolute Gasteiger partial charge is 0.349 e. The predicted molar refractivity (Wildman–Crippen MR) is 135 cm³/mol. The maximum atomic E-state index is 13.2. The normalized spacial score (nSPS) is 13.0. The van der Waals surface area contributed by atoms with Gasteiger partial charge in [0.15, 0.2) is 0 Å².